The fourth-order valence-electron chi connectivity index (χ4n) is 0.938. The molecular weight excluding hydrogens is 171 g/mol. The lowest BCUT2D eigenvalue weighted by molar-refractivity contribution is -0.122. The number of primary amides is 1. The molecule has 0 aromatic heterocycles. The van der Waals surface area contributed by atoms with Crippen LogP contribution in [-0.4, -0.2) is 5.91 Å². The fraction of sp³-hybridized carbons (Fsp3) is 0.222. The number of rotatable bonds is 2. The second-order valence-corrected chi connectivity index (χ2v) is 3.07. The smallest absolute Gasteiger partial charge is 0.241 e. The lowest BCUT2D eigenvalue weighted by Gasteiger charge is -2.20. The molecule has 0 aliphatic rings. The average Bonchev–Trinajstić information content (AvgIpc) is 2.04. The summed E-state index contributed by atoms with van der Waals surface area (Å²) >= 11 is 0. The van der Waals surface area contributed by atoms with Gasteiger partial charge in [-0.3, -0.25) is 4.79 Å². The minimum atomic E-state index is -1.24. The molecule has 4 N–H and O–H groups in total. The molecular formula is C9H11FN2O. The molecule has 3 nitrogen and oxygen atoms in total. The van der Waals surface area contributed by atoms with E-state index in [2.05, 4.69) is 0 Å². The molecule has 0 bridgehead atoms. The quantitative estimate of drug-likeness (QED) is 0.698. The highest BCUT2D eigenvalue weighted by Crippen LogP contribution is 2.17. The first-order chi connectivity index (χ1) is 5.94. The Morgan fingerprint density at radius 2 is 1.85 bits per heavy atom. The van der Waals surface area contributed by atoms with Gasteiger partial charge in [-0.2, -0.15) is 0 Å². The minimum Gasteiger partial charge on any atom is -0.368 e. The largest absolute Gasteiger partial charge is 0.368 e. The monoisotopic (exact) mass is 182 g/mol. The van der Waals surface area contributed by atoms with E-state index in [0.717, 1.165) is 0 Å². The summed E-state index contributed by atoms with van der Waals surface area (Å²) in [4.78, 5) is 10.9. The average molecular weight is 182 g/mol. The van der Waals surface area contributed by atoms with Crippen LogP contribution in [0.25, 0.3) is 0 Å². The number of nitrogens with two attached hydrogens (primary N) is 2. The van der Waals surface area contributed by atoms with Gasteiger partial charge >= 0.3 is 0 Å². The molecule has 1 aromatic rings. The molecule has 0 saturated heterocycles. The van der Waals surface area contributed by atoms with Crippen molar-refractivity contribution in [2.45, 2.75) is 12.5 Å². The second-order valence-electron chi connectivity index (χ2n) is 3.07. The summed E-state index contributed by atoms with van der Waals surface area (Å²) in [5.74, 6) is -1.01. The van der Waals surface area contributed by atoms with Gasteiger partial charge < -0.3 is 11.5 Å². The molecule has 13 heavy (non-hydrogen) atoms. The van der Waals surface area contributed by atoms with Crippen molar-refractivity contribution in [3.8, 4) is 0 Å². The van der Waals surface area contributed by atoms with E-state index in [1.807, 2.05) is 0 Å². The van der Waals surface area contributed by atoms with Gasteiger partial charge in [-0.1, -0.05) is 12.1 Å². The Hall–Kier alpha value is -1.42. The van der Waals surface area contributed by atoms with Crippen LogP contribution in [0.3, 0.4) is 0 Å². The molecule has 0 fully saturated rings. The van der Waals surface area contributed by atoms with Crippen molar-refractivity contribution in [2.75, 3.05) is 0 Å². The summed E-state index contributed by atoms with van der Waals surface area (Å²) in [6, 6.07) is 5.37. The Balaban J connectivity index is 3.08. The Bertz CT molecular complexity index is 319. The summed E-state index contributed by atoms with van der Waals surface area (Å²) in [5.41, 5.74) is 9.98. The van der Waals surface area contributed by atoms with Gasteiger partial charge in [0.15, 0.2) is 0 Å². The van der Waals surface area contributed by atoms with E-state index >= 15 is 0 Å². The van der Waals surface area contributed by atoms with Crippen LogP contribution < -0.4 is 11.5 Å². The second kappa shape index (κ2) is 3.14. The molecule has 1 aromatic carbocycles. The number of carbonyl (C=O) groups is 1. The predicted octanol–water partition coefficient (Wildman–Crippen LogP) is 0.485. The first kappa shape index (κ1) is 9.67. The van der Waals surface area contributed by atoms with E-state index in [4.69, 9.17) is 11.5 Å². The summed E-state index contributed by atoms with van der Waals surface area (Å²) in [6.45, 7) is 1.49. The van der Waals surface area contributed by atoms with Crippen molar-refractivity contribution in [1.82, 2.24) is 0 Å². The van der Waals surface area contributed by atoms with Crippen molar-refractivity contribution in [3.63, 3.8) is 0 Å². The van der Waals surface area contributed by atoms with Crippen molar-refractivity contribution >= 4 is 5.91 Å². The summed E-state index contributed by atoms with van der Waals surface area (Å²) in [7, 11) is 0. The maximum atomic E-state index is 12.5. The van der Waals surface area contributed by atoms with E-state index < -0.39 is 11.4 Å². The van der Waals surface area contributed by atoms with Crippen molar-refractivity contribution in [3.05, 3.63) is 35.6 Å². The maximum Gasteiger partial charge on any atom is 0.241 e. The zero-order chi connectivity index (χ0) is 10.1. The van der Waals surface area contributed by atoms with E-state index in [1.165, 1.54) is 31.2 Å². The van der Waals surface area contributed by atoms with Gasteiger partial charge in [-0.05, 0) is 24.6 Å². The molecule has 1 amide bonds. The Labute approximate surface area is 75.5 Å². The summed E-state index contributed by atoms with van der Waals surface area (Å²) in [5, 5.41) is 0. The number of halogens is 1. The fourth-order valence-corrected chi connectivity index (χ4v) is 0.938. The van der Waals surface area contributed by atoms with Gasteiger partial charge in [0.1, 0.15) is 11.4 Å². The molecule has 0 aliphatic carbocycles. The Morgan fingerprint density at radius 1 is 1.38 bits per heavy atom. The number of benzene rings is 1. The zero-order valence-corrected chi connectivity index (χ0v) is 7.25. The SMILES string of the molecule is C[C@](N)(C(N)=O)c1ccc(F)cc1. The molecule has 0 spiro atoms. The molecule has 1 atom stereocenters. The third-order valence-electron chi connectivity index (χ3n) is 1.96. The van der Waals surface area contributed by atoms with Crippen LogP contribution in [0.5, 0.6) is 0 Å². The summed E-state index contributed by atoms with van der Waals surface area (Å²) < 4.78 is 12.5. The highest BCUT2D eigenvalue weighted by molar-refractivity contribution is 5.85. The third kappa shape index (κ3) is 1.84. The number of amides is 1. The molecule has 4 heteroatoms. The van der Waals surface area contributed by atoms with E-state index in [9.17, 15) is 9.18 Å². The first-order valence-electron chi connectivity index (χ1n) is 3.79. The van der Waals surface area contributed by atoms with Gasteiger partial charge in [0, 0.05) is 0 Å². The topological polar surface area (TPSA) is 69.1 Å². The van der Waals surface area contributed by atoms with Crippen molar-refractivity contribution in [2.24, 2.45) is 11.5 Å². The van der Waals surface area contributed by atoms with Crippen LogP contribution in [0.1, 0.15) is 12.5 Å². The molecule has 0 aliphatic heterocycles. The molecule has 0 heterocycles. The number of carbonyl (C=O) groups excluding carboxylic acids is 1. The van der Waals surface area contributed by atoms with E-state index in [-0.39, 0.29) is 5.82 Å². The van der Waals surface area contributed by atoms with Crippen LogP contribution in [0, 0.1) is 5.82 Å². The van der Waals surface area contributed by atoms with Gasteiger partial charge in [0.05, 0.1) is 0 Å². The third-order valence-corrected chi connectivity index (χ3v) is 1.96. The molecule has 1 rings (SSSR count). The van der Waals surface area contributed by atoms with E-state index in [1.54, 1.807) is 0 Å². The molecule has 0 saturated carbocycles. The number of hydrogen-bond donors (Lipinski definition) is 2. The van der Waals surface area contributed by atoms with Crippen LogP contribution in [-0.2, 0) is 10.3 Å². The van der Waals surface area contributed by atoms with Crippen LogP contribution in [0.15, 0.2) is 24.3 Å². The van der Waals surface area contributed by atoms with Gasteiger partial charge in [-0.25, -0.2) is 4.39 Å². The van der Waals surface area contributed by atoms with E-state index in [0.29, 0.717) is 5.56 Å². The van der Waals surface area contributed by atoms with Gasteiger partial charge in [-0.15, -0.1) is 0 Å². The van der Waals surface area contributed by atoms with Crippen LogP contribution >= 0.6 is 0 Å². The standard InChI is InChI=1S/C9H11FN2O/c1-9(12,8(11)13)6-2-4-7(10)5-3-6/h2-5H,12H2,1H3,(H2,11,13)/t9-/m1/s1. The minimum absolute atomic E-state index is 0.371. The first-order valence-corrected chi connectivity index (χ1v) is 3.79. The van der Waals surface area contributed by atoms with Crippen LogP contribution in [0.2, 0.25) is 0 Å². The summed E-state index contributed by atoms with van der Waals surface area (Å²) in [6.07, 6.45) is 0. The Morgan fingerprint density at radius 3 is 2.23 bits per heavy atom. The van der Waals surface area contributed by atoms with Crippen molar-refractivity contribution in [1.29, 1.82) is 0 Å². The lowest BCUT2D eigenvalue weighted by atomic mass is 9.93. The normalized spacial score (nSPS) is 15.0. The zero-order valence-electron chi connectivity index (χ0n) is 7.25. The molecule has 0 unspecified atom stereocenters. The highest BCUT2D eigenvalue weighted by Gasteiger charge is 2.27. The maximum absolute atomic E-state index is 12.5. The van der Waals surface area contributed by atoms with Crippen LogP contribution in [0.4, 0.5) is 4.39 Å². The number of hydrogen-bond acceptors (Lipinski definition) is 2. The van der Waals surface area contributed by atoms with Crippen molar-refractivity contribution < 1.29 is 9.18 Å². The Kier molecular flexibility index (Phi) is 2.34. The molecule has 70 valence electrons. The molecule has 0 radical (unpaired) electrons. The lowest BCUT2D eigenvalue weighted by Crippen LogP contribution is -2.46. The predicted molar refractivity (Wildman–Crippen MR) is 47.1 cm³/mol. The highest BCUT2D eigenvalue weighted by atomic mass is 19.1. The van der Waals surface area contributed by atoms with Gasteiger partial charge in [0.2, 0.25) is 5.91 Å². The van der Waals surface area contributed by atoms with Gasteiger partial charge in [0.25, 0.3) is 0 Å².